The molecule has 0 spiro atoms. The number of methoxy groups -OCH3 is 1. The van der Waals surface area contributed by atoms with Gasteiger partial charge in [0, 0.05) is 12.3 Å². The Kier molecular flexibility index (Phi) is 8.81. The number of rotatable bonds is 10. The van der Waals surface area contributed by atoms with Crippen LogP contribution in [0.2, 0.25) is 0 Å². The van der Waals surface area contributed by atoms with E-state index in [-0.39, 0.29) is 23.5 Å². The van der Waals surface area contributed by atoms with Gasteiger partial charge in [-0.25, -0.2) is 9.78 Å². The predicted molar refractivity (Wildman–Crippen MR) is 115 cm³/mol. The van der Waals surface area contributed by atoms with Crippen LogP contribution in [0.1, 0.15) is 43.7 Å². The predicted octanol–water partition coefficient (Wildman–Crippen LogP) is 3.09. The second-order valence-corrected chi connectivity index (χ2v) is 7.55. The van der Waals surface area contributed by atoms with Gasteiger partial charge in [0.25, 0.3) is 5.91 Å². The summed E-state index contributed by atoms with van der Waals surface area (Å²) in [6.07, 6.45) is 0.479. The average Bonchev–Trinajstić information content (AvgIpc) is 2.76. The van der Waals surface area contributed by atoms with E-state index in [2.05, 4.69) is 10.3 Å². The van der Waals surface area contributed by atoms with Crippen molar-refractivity contribution in [3.05, 3.63) is 53.9 Å². The molecule has 168 valence electrons. The highest BCUT2D eigenvalue weighted by Gasteiger charge is 2.29. The van der Waals surface area contributed by atoms with Gasteiger partial charge < -0.3 is 24.6 Å². The fourth-order valence-corrected chi connectivity index (χ4v) is 3.00. The molecule has 8 heteroatoms. The van der Waals surface area contributed by atoms with Crippen molar-refractivity contribution < 1.29 is 28.9 Å². The van der Waals surface area contributed by atoms with Gasteiger partial charge in [-0.2, -0.15) is 0 Å². The lowest BCUT2D eigenvalue weighted by Gasteiger charge is -2.28. The lowest BCUT2D eigenvalue weighted by atomic mass is 10.0. The highest BCUT2D eigenvalue weighted by atomic mass is 16.6. The number of hydrogen-bond donors (Lipinski definition) is 2. The maximum atomic E-state index is 12.6. The normalized spacial score (nSPS) is 13.9. The molecular formula is C23H30N2O6. The number of carbonyl (C=O) groups excluding carboxylic acids is 2. The number of hydrogen-bond acceptors (Lipinski definition) is 7. The molecule has 8 nitrogen and oxygen atoms in total. The average molecular weight is 431 g/mol. The van der Waals surface area contributed by atoms with Crippen molar-refractivity contribution in [2.24, 2.45) is 5.92 Å². The zero-order valence-electron chi connectivity index (χ0n) is 18.5. The van der Waals surface area contributed by atoms with Gasteiger partial charge in [0.05, 0.1) is 19.8 Å². The molecule has 2 N–H and O–H groups in total. The number of ether oxygens (including phenoxy) is 3. The molecule has 1 aromatic heterocycles. The minimum absolute atomic E-state index is 0.00159. The van der Waals surface area contributed by atoms with E-state index in [9.17, 15) is 14.7 Å². The van der Waals surface area contributed by atoms with E-state index in [0.717, 1.165) is 5.56 Å². The molecule has 0 aliphatic carbocycles. The van der Waals surface area contributed by atoms with Gasteiger partial charge in [-0.05, 0) is 25.3 Å². The molecule has 1 amide bonds. The smallest absolute Gasteiger partial charge is 0.328 e. The maximum Gasteiger partial charge on any atom is 0.328 e. The Morgan fingerprint density at radius 1 is 1.10 bits per heavy atom. The zero-order valence-corrected chi connectivity index (χ0v) is 18.5. The third-order valence-corrected chi connectivity index (χ3v) is 4.75. The van der Waals surface area contributed by atoms with Crippen LogP contribution < -0.4 is 10.1 Å². The van der Waals surface area contributed by atoms with Crippen LogP contribution in [0, 0.1) is 5.92 Å². The number of benzene rings is 1. The maximum absolute atomic E-state index is 12.6. The fraction of sp³-hybridized carbons (Fsp3) is 0.435. The number of amides is 1. The van der Waals surface area contributed by atoms with Crippen LogP contribution in [-0.4, -0.2) is 47.3 Å². The molecule has 0 radical (unpaired) electrons. The number of nitrogens with zero attached hydrogens (tertiary/aromatic N) is 1. The van der Waals surface area contributed by atoms with Crippen LogP contribution in [0.5, 0.6) is 11.5 Å². The second-order valence-electron chi connectivity index (χ2n) is 7.55. The van der Waals surface area contributed by atoms with Crippen molar-refractivity contribution in [3.63, 3.8) is 0 Å². The van der Waals surface area contributed by atoms with Crippen LogP contribution in [-0.2, 0) is 20.9 Å². The Morgan fingerprint density at radius 3 is 2.39 bits per heavy atom. The molecule has 31 heavy (non-hydrogen) atoms. The molecule has 0 aliphatic heterocycles. The third-order valence-electron chi connectivity index (χ3n) is 4.75. The Balaban J connectivity index is 1.97. The van der Waals surface area contributed by atoms with Crippen molar-refractivity contribution in [1.29, 1.82) is 0 Å². The summed E-state index contributed by atoms with van der Waals surface area (Å²) in [6.45, 7) is 7.62. The van der Waals surface area contributed by atoms with Crippen molar-refractivity contribution in [2.45, 2.75) is 52.6 Å². The lowest BCUT2D eigenvalue weighted by Crippen LogP contribution is -2.44. The lowest BCUT2D eigenvalue weighted by molar-refractivity contribution is -0.163. The highest BCUT2D eigenvalue weighted by molar-refractivity contribution is 5.97. The van der Waals surface area contributed by atoms with Gasteiger partial charge in [0.15, 0.2) is 17.2 Å². The SMILES string of the molecule is COc1ccnc(C(=O)N[C@@H](C)C(=O)OC(C(C)C)[C@H](C)OCc2ccccc2)c1O. The van der Waals surface area contributed by atoms with Crippen molar-refractivity contribution >= 4 is 11.9 Å². The van der Waals surface area contributed by atoms with E-state index < -0.39 is 29.8 Å². The highest BCUT2D eigenvalue weighted by Crippen LogP contribution is 2.27. The first-order valence-corrected chi connectivity index (χ1v) is 10.1. The van der Waals surface area contributed by atoms with E-state index in [1.165, 1.54) is 26.3 Å². The largest absolute Gasteiger partial charge is 0.503 e. The molecule has 1 heterocycles. The van der Waals surface area contributed by atoms with E-state index in [4.69, 9.17) is 14.2 Å². The number of esters is 1. The van der Waals surface area contributed by atoms with Gasteiger partial charge in [0.1, 0.15) is 12.1 Å². The van der Waals surface area contributed by atoms with E-state index in [1.807, 2.05) is 51.1 Å². The molecule has 1 aromatic carbocycles. The molecular weight excluding hydrogens is 400 g/mol. The van der Waals surface area contributed by atoms with Crippen molar-refractivity contribution in [1.82, 2.24) is 10.3 Å². The number of nitrogens with one attached hydrogen (secondary N) is 1. The van der Waals surface area contributed by atoms with Gasteiger partial charge in [-0.1, -0.05) is 44.2 Å². The summed E-state index contributed by atoms with van der Waals surface area (Å²) in [5.41, 5.74) is 0.786. The Bertz CT molecular complexity index is 872. The summed E-state index contributed by atoms with van der Waals surface area (Å²) < 4.78 is 16.5. The summed E-state index contributed by atoms with van der Waals surface area (Å²) in [7, 11) is 1.36. The summed E-state index contributed by atoms with van der Waals surface area (Å²) in [4.78, 5) is 28.9. The van der Waals surface area contributed by atoms with Crippen LogP contribution in [0.15, 0.2) is 42.6 Å². The number of pyridine rings is 1. The molecule has 0 aliphatic rings. The molecule has 0 fully saturated rings. The standard InChI is InChI=1S/C23H30N2O6/c1-14(2)21(16(4)30-13-17-9-7-6-8-10-17)31-23(28)15(3)25-22(27)19-20(26)18(29-5)11-12-24-19/h6-12,14-16,21,26H,13H2,1-5H3,(H,25,27)/t15-,16-,21?/m0/s1. The van der Waals surface area contributed by atoms with E-state index >= 15 is 0 Å². The Hall–Kier alpha value is -3.13. The van der Waals surface area contributed by atoms with Gasteiger partial charge in [0.2, 0.25) is 0 Å². The minimum atomic E-state index is -0.956. The molecule has 0 saturated carbocycles. The van der Waals surface area contributed by atoms with Crippen molar-refractivity contribution in [2.75, 3.05) is 7.11 Å². The summed E-state index contributed by atoms with van der Waals surface area (Å²) in [5, 5.41) is 12.6. The monoisotopic (exact) mass is 430 g/mol. The Morgan fingerprint density at radius 2 is 1.77 bits per heavy atom. The molecule has 0 saturated heterocycles. The quantitative estimate of drug-likeness (QED) is 0.558. The molecule has 0 bridgehead atoms. The van der Waals surface area contributed by atoms with Crippen LogP contribution in [0.4, 0.5) is 0 Å². The number of carbonyl (C=O) groups is 2. The van der Waals surface area contributed by atoms with Gasteiger partial charge in [-0.15, -0.1) is 0 Å². The number of aromatic hydroxyl groups is 1. The molecule has 2 rings (SSSR count). The summed E-state index contributed by atoms with van der Waals surface area (Å²) >= 11 is 0. The van der Waals surface area contributed by atoms with Gasteiger partial charge >= 0.3 is 5.97 Å². The summed E-state index contributed by atoms with van der Waals surface area (Å²) in [5.74, 6) is -1.60. The topological polar surface area (TPSA) is 107 Å². The van der Waals surface area contributed by atoms with Crippen LogP contribution >= 0.6 is 0 Å². The zero-order chi connectivity index (χ0) is 23.0. The third kappa shape index (κ3) is 6.68. The summed E-state index contributed by atoms with van der Waals surface area (Å²) in [6, 6.07) is 10.2. The molecule has 3 atom stereocenters. The molecule has 1 unspecified atom stereocenters. The fourth-order valence-electron chi connectivity index (χ4n) is 3.00. The first-order chi connectivity index (χ1) is 14.7. The van der Waals surface area contributed by atoms with Crippen LogP contribution in [0.3, 0.4) is 0 Å². The first-order valence-electron chi connectivity index (χ1n) is 10.1. The van der Waals surface area contributed by atoms with Crippen molar-refractivity contribution in [3.8, 4) is 11.5 Å². The van der Waals surface area contributed by atoms with Gasteiger partial charge in [-0.3, -0.25) is 4.79 Å². The second kappa shape index (κ2) is 11.3. The minimum Gasteiger partial charge on any atom is -0.503 e. The Labute approximate surface area is 182 Å². The van der Waals surface area contributed by atoms with Crippen LogP contribution in [0.25, 0.3) is 0 Å². The molecule has 2 aromatic rings. The van der Waals surface area contributed by atoms with E-state index in [0.29, 0.717) is 6.61 Å². The first kappa shape index (κ1) is 24.1. The number of aromatic nitrogens is 1. The van der Waals surface area contributed by atoms with E-state index in [1.54, 1.807) is 0 Å².